The van der Waals surface area contributed by atoms with E-state index in [1.165, 1.54) is 0 Å². The second-order valence-electron chi connectivity index (χ2n) is 9.89. The van der Waals surface area contributed by atoms with Gasteiger partial charge in [0.2, 0.25) is 5.91 Å². The fraction of sp³-hybridized carbons (Fsp3) is 0.667. The van der Waals surface area contributed by atoms with Crippen molar-refractivity contribution in [1.29, 1.82) is 0 Å². The summed E-state index contributed by atoms with van der Waals surface area (Å²) in [6.07, 6.45) is 0. The minimum absolute atomic E-state index is 0.00743. The molecule has 0 aliphatic heterocycles. The Balaban J connectivity index is 3.29. The summed E-state index contributed by atoms with van der Waals surface area (Å²) >= 11 is 0. The fourth-order valence-electron chi connectivity index (χ4n) is 2.70. The smallest absolute Gasteiger partial charge is 0.239 e. The summed E-state index contributed by atoms with van der Waals surface area (Å²) in [5.74, 6) is 0.00743. The van der Waals surface area contributed by atoms with E-state index in [1.807, 2.05) is 39.0 Å². The van der Waals surface area contributed by atoms with Crippen LogP contribution in [0.2, 0.25) is 0 Å². The molecule has 0 unspecified atom stereocenters. The van der Waals surface area contributed by atoms with Crippen LogP contribution in [-0.4, -0.2) is 28.6 Å². The van der Waals surface area contributed by atoms with E-state index in [0.717, 1.165) is 5.56 Å². The van der Waals surface area contributed by atoms with Gasteiger partial charge in [0.15, 0.2) is 0 Å². The Kier molecular flexibility index (Phi) is 6.82. The molecular formula is C21H37N3O. The van der Waals surface area contributed by atoms with Crippen molar-refractivity contribution in [3.8, 4) is 0 Å². The first-order chi connectivity index (χ1) is 11.2. The van der Waals surface area contributed by atoms with Crippen LogP contribution < -0.4 is 16.0 Å². The highest BCUT2D eigenvalue weighted by Crippen LogP contribution is 2.23. The van der Waals surface area contributed by atoms with Gasteiger partial charge in [0, 0.05) is 16.6 Å². The lowest BCUT2D eigenvalue weighted by atomic mass is 9.92. The molecule has 0 spiro atoms. The molecule has 1 amide bonds. The third-order valence-corrected chi connectivity index (χ3v) is 3.45. The summed E-state index contributed by atoms with van der Waals surface area (Å²) in [5.41, 5.74) is 0.508. The molecule has 0 saturated carbocycles. The van der Waals surface area contributed by atoms with E-state index in [9.17, 15) is 4.79 Å². The average Bonchev–Trinajstić information content (AvgIpc) is 2.39. The third kappa shape index (κ3) is 8.50. The molecule has 0 bridgehead atoms. The standard InChI is InChI=1S/C21H37N3O/c1-19(2,3)22-16(15-13-11-10-12-14-15)17(23-20(4,5)6)18(25)24-21(7,8)9/h10-14,16-17,22-23H,1-9H3,(H,24,25)/t16-,17+/m0/s1. The van der Waals surface area contributed by atoms with E-state index in [1.54, 1.807) is 0 Å². The quantitative estimate of drug-likeness (QED) is 0.759. The fourth-order valence-corrected chi connectivity index (χ4v) is 2.70. The number of carbonyl (C=O) groups is 1. The van der Waals surface area contributed by atoms with Gasteiger partial charge in [-0.3, -0.25) is 10.1 Å². The molecule has 25 heavy (non-hydrogen) atoms. The van der Waals surface area contributed by atoms with Crippen molar-refractivity contribution in [2.24, 2.45) is 0 Å². The number of carbonyl (C=O) groups excluding carboxylic acids is 1. The van der Waals surface area contributed by atoms with E-state index in [4.69, 9.17) is 0 Å². The van der Waals surface area contributed by atoms with Gasteiger partial charge in [-0.15, -0.1) is 0 Å². The van der Waals surface area contributed by atoms with Crippen LogP contribution in [0.1, 0.15) is 73.9 Å². The molecule has 142 valence electrons. The maximum Gasteiger partial charge on any atom is 0.239 e. The number of benzene rings is 1. The van der Waals surface area contributed by atoms with E-state index in [0.29, 0.717) is 0 Å². The number of rotatable bonds is 5. The first-order valence-electron chi connectivity index (χ1n) is 9.10. The van der Waals surface area contributed by atoms with Crippen LogP contribution in [0.5, 0.6) is 0 Å². The second kappa shape index (κ2) is 7.88. The van der Waals surface area contributed by atoms with E-state index in [-0.39, 0.29) is 34.6 Å². The third-order valence-electron chi connectivity index (χ3n) is 3.45. The van der Waals surface area contributed by atoms with Crippen LogP contribution in [0.3, 0.4) is 0 Å². The molecule has 0 saturated heterocycles. The monoisotopic (exact) mass is 347 g/mol. The zero-order chi connectivity index (χ0) is 19.5. The minimum atomic E-state index is -0.388. The molecule has 0 radical (unpaired) electrons. The van der Waals surface area contributed by atoms with Crippen LogP contribution in [0, 0.1) is 0 Å². The molecule has 1 rings (SSSR count). The Hall–Kier alpha value is -1.39. The average molecular weight is 348 g/mol. The van der Waals surface area contributed by atoms with Crippen molar-refractivity contribution in [1.82, 2.24) is 16.0 Å². The second-order valence-corrected chi connectivity index (χ2v) is 9.89. The van der Waals surface area contributed by atoms with Crippen molar-refractivity contribution in [2.75, 3.05) is 0 Å². The van der Waals surface area contributed by atoms with Crippen molar-refractivity contribution in [3.63, 3.8) is 0 Å². The van der Waals surface area contributed by atoms with Crippen molar-refractivity contribution in [2.45, 2.75) is 91.0 Å². The van der Waals surface area contributed by atoms with E-state index in [2.05, 4.69) is 69.6 Å². The summed E-state index contributed by atoms with van der Waals surface area (Å²) in [6.45, 7) is 18.7. The molecule has 3 N–H and O–H groups in total. The van der Waals surface area contributed by atoms with Crippen LogP contribution >= 0.6 is 0 Å². The molecule has 0 fully saturated rings. The van der Waals surface area contributed by atoms with Gasteiger partial charge in [-0.2, -0.15) is 0 Å². The molecule has 2 atom stereocenters. The van der Waals surface area contributed by atoms with Gasteiger partial charge in [-0.05, 0) is 67.9 Å². The Bertz CT molecular complexity index is 547. The van der Waals surface area contributed by atoms with Crippen LogP contribution in [0.4, 0.5) is 0 Å². The van der Waals surface area contributed by atoms with Crippen molar-refractivity contribution < 1.29 is 4.79 Å². The minimum Gasteiger partial charge on any atom is -0.350 e. The van der Waals surface area contributed by atoms with Crippen molar-refractivity contribution >= 4 is 5.91 Å². The lowest BCUT2D eigenvalue weighted by Crippen LogP contribution is -2.61. The van der Waals surface area contributed by atoms with Gasteiger partial charge in [-0.1, -0.05) is 30.3 Å². The lowest BCUT2D eigenvalue weighted by Gasteiger charge is -2.39. The number of amides is 1. The maximum atomic E-state index is 13.1. The van der Waals surface area contributed by atoms with Gasteiger partial charge in [0.05, 0.1) is 6.04 Å². The molecule has 1 aromatic rings. The van der Waals surface area contributed by atoms with Crippen LogP contribution in [0.15, 0.2) is 30.3 Å². The first-order valence-corrected chi connectivity index (χ1v) is 9.10. The normalized spacial score (nSPS) is 15.6. The lowest BCUT2D eigenvalue weighted by molar-refractivity contribution is -0.126. The summed E-state index contributed by atoms with van der Waals surface area (Å²) < 4.78 is 0. The summed E-state index contributed by atoms with van der Waals surface area (Å²) in [7, 11) is 0. The zero-order valence-electron chi connectivity index (χ0n) is 17.4. The molecule has 0 aliphatic carbocycles. The summed E-state index contributed by atoms with van der Waals surface area (Å²) in [5, 5.41) is 10.3. The Morgan fingerprint density at radius 3 is 1.64 bits per heavy atom. The molecule has 4 nitrogen and oxygen atoms in total. The molecule has 0 heterocycles. The maximum absolute atomic E-state index is 13.1. The number of nitrogens with one attached hydrogen (secondary N) is 3. The predicted octanol–water partition coefficient (Wildman–Crippen LogP) is 3.79. The Labute approximate surface area is 154 Å². The topological polar surface area (TPSA) is 53.2 Å². The summed E-state index contributed by atoms with van der Waals surface area (Å²) in [6, 6.07) is 9.66. The van der Waals surface area contributed by atoms with Gasteiger partial charge in [0.25, 0.3) is 0 Å². The highest BCUT2D eigenvalue weighted by atomic mass is 16.2. The largest absolute Gasteiger partial charge is 0.350 e. The molecule has 4 heteroatoms. The Morgan fingerprint density at radius 2 is 1.24 bits per heavy atom. The van der Waals surface area contributed by atoms with Crippen LogP contribution in [-0.2, 0) is 4.79 Å². The summed E-state index contributed by atoms with van der Waals surface area (Å²) in [4.78, 5) is 13.1. The molecular weight excluding hydrogens is 310 g/mol. The molecule has 0 aromatic heterocycles. The Morgan fingerprint density at radius 1 is 0.760 bits per heavy atom. The van der Waals surface area contributed by atoms with Gasteiger partial charge in [-0.25, -0.2) is 0 Å². The van der Waals surface area contributed by atoms with Gasteiger partial charge in [0.1, 0.15) is 6.04 Å². The highest BCUT2D eigenvalue weighted by Gasteiger charge is 2.35. The van der Waals surface area contributed by atoms with Gasteiger partial charge >= 0.3 is 0 Å². The number of hydrogen-bond acceptors (Lipinski definition) is 3. The number of hydrogen-bond donors (Lipinski definition) is 3. The SMILES string of the molecule is CC(C)(C)NC(=O)[C@H](NC(C)(C)C)[C@@H](NC(C)(C)C)c1ccccc1. The van der Waals surface area contributed by atoms with E-state index >= 15 is 0 Å². The zero-order valence-corrected chi connectivity index (χ0v) is 17.4. The predicted molar refractivity (Wildman–Crippen MR) is 107 cm³/mol. The first kappa shape index (κ1) is 21.7. The van der Waals surface area contributed by atoms with Gasteiger partial charge < -0.3 is 10.6 Å². The van der Waals surface area contributed by atoms with Crippen molar-refractivity contribution in [3.05, 3.63) is 35.9 Å². The molecule has 0 aliphatic rings. The molecule has 1 aromatic carbocycles. The van der Waals surface area contributed by atoms with Crippen LogP contribution in [0.25, 0.3) is 0 Å². The highest BCUT2D eigenvalue weighted by molar-refractivity contribution is 5.83. The van der Waals surface area contributed by atoms with E-state index < -0.39 is 0 Å².